The van der Waals surface area contributed by atoms with Gasteiger partial charge < -0.3 is 0 Å². The summed E-state index contributed by atoms with van der Waals surface area (Å²) in [6, 6.07) is 20.7. The Labute approximate surface area is 107 Å². The molecule has 0 amide bonds. The predicted octanol–water partition coefficient (Wildman–Crippen LogP) is 4.52. The Kier molecular flexibility index (Phi) is 4.39. The first-order valence-electron chi connectivity index (χ1n) is 6.02. The van der Waals surface area contributed by atoms with Crippen LogP contribution in [0.1, 0.15) is 23.5 Å². The first-order valence-corrected chi connectivity index (χ1v) is 6.02. The molecular formula is C15H15N3. The summed E-state index contributed by atoms with van der Waals surface area (Å²) < 4.78 is 0. The normalized spacial score (nSPS) is 10.1. The van der Waals surface area contributed by atoms with E-state index in [0.717, 1.165) is 6.42 Å². The minimum absolute atomic E-state index is 0.290. The van der Waals surface area contributed by atoms with Crippen molar-refractivity contribution in [2.75, 3.05) is 6.54 Å². The van der Waals surface area contributed by atoms with E-state index in [1.807, 2.05) is 36.4 Å². The molecule has 0 spiro atoms. The standard InChI is InChI=1S/C15H15N3/c16-18-17-12-11-15(13-7-3-1-4-8-13)14-9-5-2-6-10-14/h1-10,15H,11-12H2. The summed E-state index contributed by atoms with van der Waals surface area (Å²) >= 11 is 0. The second-order valence-electron chi connectivity index (χ2n) is 4.12. The van der Waals surface area contributed by atoms with Crippen LogP contribution in [0, 0.1) is 0 Å². The first kappa shape index (κ1) is 12.2. The van der Waals surface area contributed by atoms with E-state index in [2.05, 4.69) is 34.3 Å². The van der Waals surface area contributed by atoms with Crippen LogP contribution in [0.15, 0.2) is 65.8 Å². The van der Waals surface area contributed by atoms with Gasteiger partial charge in [0.15, 0.2) is 0 Å². The molecular weight excluding hydrogens is 222 g/mol. The molecule has 0 radical (unpaired) electrons. The maximum Gasteiger partial charge on any atom is 0.0266 e. The zero-order valence-electron chi connectivity index (χ0n) is 10.1. The van der Waals surface area contributed by atoms with Gasteiger partial charge in [0.25, 0.3) is 0 Å². The molecule has 3 nitrogen and oxygen atoms in total. The van der Waals surface area contributed by atoms with Crippen molar-refractivity contribution in [3.63, 3.8) is 0 Å². The topological polar surface area (TPSA) is 48.8 Å². The van der Waals surface area contributed by atoms with E-state index in [4.69, 9.17) is 5.53 Å². The van der Waals surface area contributed by atoms with Crippen molar-refractivity contribution in [2.24, 2.45) is 5.11 Å². The Morgan fingerprint density at radius 2 is 1.39 bits per heavy atom. The van der Waals surface area contributed by atoms with Crippen molar-refractivity contribution in [1.29, 1.82) is 0 Å². The largest absolute Gasteiger partial charge is 0.0939 e. The fourth-order valence-corrected chi connectivity index (χ4v) is 2.13. The van der Waals surface area contributed by atoms with Gasteiger partial charge in [-0.15, -0.1) is 0 Å². The van der Waals surface area contributed by atoms with Gasteiger partial charge in [0.1, 0.15) is 0 Å². The minimum Gasteiger partial charge on any atom is -0.0939 e. The van der Waals surface area contributed by atoms with E-state index in [1.165, 1.54) is 11.1 Å². The van der Waals surface area contributed by atoms with Gasteiger partial charge in [-0.05, 0) is 23.1 Å². The van der Waals surface area contributed by atoms with Gasteiger partial charge in [-0.3, -0.25) is 0 Å². The maximum atomic E-state index is 8.38. The van der Waals surface area contributed by atoms with E-state index in [9.17, 15) is 0 Å². The summed E-state index contributed by atoms with van der Waals surface area (Å²) in [5, 5.41) is 3.64. The molecule has 0 aromatic heterocycles. The molecule has 0 saturated carbocycles. The molecule has 18 heavy (non-hydrogen) atoms. The van der Waals surface area contributed by atoms with Crippen molar-refractivity contribution in [1.82, 2.24) is 0 Å². The Hall–Kier alpha value is -2.25. The molecule has 0 fully saturated rings. The number of nitrogens with zero attached hydrogens (tertiary/aromatic N) is 3. The van der Waals surface area contributed by atoms with Crippen LogP contribution in [0.2, 0.25) is 0 Å². The molecule has 2 aromatic rings. The van der Waals surface area contributed by atoms with Crippen LogP contribution < -0.4 is 0 Å². The van der Waals surface area contributed by atoms with Crippen LogP contribution in [0.5, 0.6) is 0 Å². The molecule has 3 heteroatoms. The number of azide groups is 1. The molecule has 0 N–H and O–H groups in total. The molecule has 0 aliphatic heterocycles. The van der Waals surface area contributed by atoms with E-state index in [0.29, 0.717) is 6.54 Å². The SMILES string of the molecule is [N-]=[N+]=NCCC(c1ccccc1)c1ccccc1. The molecule has 2 rings (SSSR count). The zero-order chi connectivity index (χ0) is 12.6. The Bertz CT molecular complexity index is 476. The lowest BCUT2D eigenvalue weighted by molar-refractivity contribution is 0.724. The van der Waals surface area contributed by atoms with Gasteiger partial charge in [0.2, 0.25) is 0 Å². The van der Waals surface area contributed by atoms with Crippen LogP contribution >= 0.6 is 0 Å². The Morgan fingerprint density at radius 1 is 0.889 bits per heavy atom. The van der Waals surface area contributed by atoms with E-state index >= 15 is 0 Å². The molecule has 0 atom stereocenters. The summed E-state index contributed by atoms with van der Waals surface area (Å²) in [6.45, 7) is 0.519. The molecule has 0 bridgehead atoms. The van der Waals surface area contributed by atoms with Gasteiger partial charge in [0.05, 0.1) is 0 Å². The smallest absolute Gasteiger partial charge is 0.0266 e. The summed E-state index contributed by atoms with van der Waals surface area (Å²) in [5.74, 6) is 0.290. The summed E-state index contributed by atoms with van der Waals surface area (Å²) in [5.41, 5.74) is 10.9. The highest BCUT2D eigenvalue weighted by molar-refractivity contribution is 5.32. The average molecular weight is 237 g/mol. The van der Waals surface area contributed by atoms with Gasteiger partial charge in [-0.1, -0.05) is 65.8 Å². The summed E-state index contributed by atoms with van der Waals surface area (Å²) in [7, 11) is 0. The first-order chi connectivity index (χ1) is 8.92. The van der Waals surface area contributed by atoms with E-state index in [1.54, 1.807) is 0 Å². The highest BCUT2D eigenvalue weighted by Crippen LogP contribution is 2.27. The molecule has 0 heterocycles. The summed E-state index contributed by atoms with van der Waals surface area (Å²) in [4.78, 5) is 2.82. The monoisotopic (exact) mass is 237 g/mol. The molecule has 2 aromatic carbocycles. The van der Waals surface area contributed by atoms with Crippen molar-refractivity contribution in [2.45, 2.75) is 12.3 Å². The third kappa shape index (κ3) is 3.12. The van der Waals surface area contributed by atoms with Gasteiger partial charge in [-0.25, -0.2) is 0 Å². The van der Waals surface area contributed by atoms with Gasteiger partial charge in [0, 0.05) is 17.4 Å². The fraction of sp³-hybridized carbons (Fsp3) is 0.200. The van der Waals surface area contributed by atoms with Crippen molar-refractivity contribution < 1.29 is 0 Å². The average Bonchev–Trinajstić information content (AvgIpc) is 2.46. The lowest BCUT2D eigenvalue weighted by Crippen LogP contribution is -2.02. The lowest BCUT2D eigenvalue weighted by Gasteiger charge is -2.16. The van der Waals surface area contributed by atoms with Crippen LogP contribution in [0.3, 0.4) is 0 Å². The fourth-order valence-electron chi connectivity index (χ4n) is 2.13. The second-order valence-corrected chi connectivity index (χ2v) is 4.12. The molecule has 0 aliphatic rings. The molecule has 90 valence electrons. The van der Waals surface area contributed by atoms with Crippen LogP contribution in [0.25, 0.3) is 10.4 Å². The van der Waals surface area contributed by atoms with Crippen LogP contribution in [-0.4, -0.2) is 6.54 Å². The van der Waals surface area contributed by atoms with Crippen molar-refractivity contribution >= 4 is 0 Å². The highest BCUT2D eigenvalue weighted by Gasteiger charge is 2.12. The number of benzene rings is 2. The number of hydrogen-bond acceptors (Lipinski definition) is 1. The second kappa shape index (κ2) is 6.48. The third-order valence-electron chi connectivity index (χ3n) is 2.98. The zero-order valence-corrected chi connectivity index (χ0v) is 10.1. The number of hydrogen-bond donors (Lipinski definition) is 0. The van der Waals surface area contributed by atoms with E-state index in [-0.39, 0.29) is 5.92 Å². The molecule has 0 saturated heterocycles. The Morgan fingerprint density at radius 3 is 1.83 bits per heavy atom. The highest BCUT2D eigenvalue weighted by atomic mass is 15.1. The van der Waals surface area contributed by atoms with Crippen molar-refractivity contribution in [3.8, 4) is 0 Å². The summed E-state index contributed by atoms with van der Waals surface area (Å²) in [6.07, 6.45) is 0.831. The molecule has 0 aliphatic carbocycles. The number of rotatable bonds is 5. The lowest BCUT2D eigenvalue weighted by atomic mass is 9.89. The minimum atomic E-state index is 0.290. The van der Waals surface area contributed by atoms with Crippen molar-refractivity contribution in [3.05, 3.63) is 82.2 Å². The van der Waals surface area contributed by atoms with Crippen LogP contribution in [-0.2, 0) is 0 Å². The van der Waals surface area contributed by atoms with Crippen LogP contribution in [0.4, 0.5) is 0 Å². The van der Waals surface area contributed by atoms with Gasteiger partial charge in [-0.2, -0.15) is 0 Å². The quantitative estimate of drug-likeness (QED) is 0.417. The Balaban J connectivity index is 2.26. The van der Waals surface area contributed by atoms with E-state index < -0.39 is 0 Å². The molecule has 0 unspecified atom stereocenters. The predicted molar refractivity (Wildman–Crippen MR) is 73.4 cm³/mol. The third-order valence-corrected chi connectivity index (χ3v) is 2.98. The maximum absolute atomic E-state index is 8.38. The van der Waals surface area contributed by atoms with Gasteiger partial charge >= 0.3 is 0 Å².